The summed E-state index contributed by atoms with van der Waals surface area (Å²) in [5.41, 5.74) is 0. The Bertz CT molecular complexity index is 227. The normalized spacial score (nSPS) is 33.8. The zero-order valence-corrected chi connectivity index (χ0v) is 13.5. The van der Waals surface area contributed by atoms with E-state index in [0.717, 1.165) is 5.92 Å². The summed E-state index contributed by atoms with van der Waals surface area (Å²) < 4.78 is 0. The van der Waals surface area contributed by atoms with Gasteiger partial charge in [-0.3, -0.25) is 0 Å². The summed E-state index contributed by atoms with van der Waals surface area (Å²) in [7, 11) is 0.0684. The maximum atomic E-state index is 2.52. The van der Waals surface area contributed by atoms with E-state index in [1.807, 2.05) is 0 Å². The lowest BCUT2D eigenvalue weighted by Gasteiger charge is -2.58. The molecule has 1 heterocycles. The Kier molecular flexibility index (Phi) is 3.87. The minimum atomic E-state index is 0.0684. The number of rotatable bonds is 1. The van der Waals surface area contributed by atoms with E-state index in [9.17, 15) is 0 Å². The molecule has 0 N–H and O–H groups in total. The van der Waals surface area contributed by atoms with Gasteiger partial charge in [-0.05, 0) is 34.2 Å². The van der Waals surface area contributed by atoms with Crippen LogP contribution in [0.4, 0.5) is 0 Å². The van der Waals surface area contributed by atoms with Crippen molar-refractivity contribution < 1.29 is 0 Å². The standard InChI is InChI=1S/C15H31P/c1-9-12-10-14(5,6)16(13(2,3)4)15(7,8)11-12/h12H,9-11H2,1-8H3. The van der Waals surface area contributed by atoms with Gasteiger partial charge < -0.3 is 0 Å². The van der Waals surface area contributed by atoms with Crippen molar-refractivity contribution in [2.24, 2.45) is 5.92 Å². The summed E-state index contributed by atoms with van der Waals surface area (Å²) in [6.45, 7) is 19.8. The monoisotopic (exact) mass is 242 g/mol. The molecule has 0 bridgehead atoms. The van der Waals surface area contributed by atoms with Crippen molar-refractivity contribution in [3.05, 3.63) is 0 Å². The molecular weight excluding hydrogens is 211 g/mol. The summed E-state index contributed by atoms with van der Waals surface area (Å²) in [6, 6.07) is 0. The first-order chi connectivity index (χ1) is 7.00. The second-order valence-electron chi connectivity index (χ2n) is 7.81. The lowest BCUT2D eigenvalue weighted by atomic mass is 9.85. The average molecular weight is 242 g/mol. The maximum absolute atomic E-state index is 2.52. The van der Waals surface area contributed by atoms with Crippen LogP contribution in [-0.2, 0) is 0 Å². The Labute approximate surface area is 104 Å². The SMILES string of the molecule is CCC1CC(C)(C)P(C(C)(C)C)C(C)(C)C1. The first kappa shape index (κ1) is 14.5. The van der Waals surface area contributed by atoms with Gasteiger partial charge in [-0.25, -0.2) is 0 Å². The summed E-state index contributed by atoms with van der Waals surface area (Å²) in [5, 5.41) is 1.59. The van der Waals surface area contributed by atoms with E-state index in [4.69, 9.17) is 0 Å². The van der Waals surface area contributed by atoms with Crippen molar-refractivity contribution in [1.82, 2.24) is 0 Å². The van der Waals surface area contributed by atoms with Crippen LogP contribution in [0.1, 0.15) is 74.7 Å². The van der Waals surface area contributed by atoms with Gasteiger partial charge in [-0.15, -0.1) is 0 Å². The average Bonchev–Trinajstić information content (AvgIpc) is 1.95. The highest BCUT2D eigenvalue weighted by atomic mass is 31.1. The molecule has 16 heavy (non-hydrogen) atoms. The predicted molar refractivity (Wildman–Crippen MR) is 77.8 cm³/mol. The summed E-state index contributed by atoms with van der Waals surface area (Å²) in [5.74, 6) is 0.950. The molecule has 0 aromatic rings. The Morgan fingerprint density at radius 3 is 1.62 bits per heavy atom. The van der Waals surface area contributed by atoms with Crippen molar-refractivity contribution >= 4 is 7.92 Å². The summed E-state index contributed by atoms with van der Waals surface area (Å²) >= 11 is 0. The van der Waals surface area contributed by atoms with Gasteiger partial charge in [0.2, 0.25) is 0 Å². The topological polar surface area (TPSA) is 0 Å². The van der Waals surface area contributed by atoms with Crippen molar-refractivity contribution in [1.29, 1.82) is 0 Å². The Morgan fingerprint density at radius 2 is 1.38 bits per heavy atom. The largest absolute Gasteiger partial charge is 0.0895 e. The van der Waals surface area contributed by atoms with Gasteiger partial charge in [0.1, 0.15) is 0 Å². The van der Waals surface area contributed by atoms with Crippen molar-refractivity contribution in [3.63, 3.8) is 0 Å². The molecule has 0 aromatic carbocycles. The van der Waals surface area contributed by atoms with Gasteiger partial charge in [0, 0.05) is 0 Å². The molecule has 1 aliphatic rings. The van der Waals surface area contributed by atoms with Crippen LogP contribution in [0.25, 0.3) is 0 Å². The second kappa shape index (κ2) is 4.27. The highest BCUT2D eigenvalue weighted by molar-refractivity contribution is 7.62. The fourth-order valence-electron chi connectivity index (χ4n) is 4.59. The zero-order chi connectivity index (χ0) is 12.8. The van der Waals surface area contributed by atoms with Crippen molar-refractivity contribution in [2.45, 2.75) is 90.1 Å². The molecule has 1 heteroatoms. The third-order valence-electron chi connectivity index (χ3n) is 4.04. The van der Waals surface area contributed by atoms with Gasteiger partial charge in [0.25, 0.3) is 0 Å². The smallest absolute Gasteiger partial charge is 0.0139 e. The lowest BCUT2D eigenvalue weighted by molar-refractivity contribution is 0.322. The molecule has 96 valence electrons. The van der Waals surface area contributed by atoms with Crippen LogP contribution < -0.4 is 0 Å². The van der Waals surface area contributed by atoms with E-state index in [2.05, 4.69) is 55.4 Å². The van der Waals surface area contributed by atoms with Gasteiger partial charge in [-0.2, -0.15) is 0 Å². The van der Waals surface area contributed by atoms with E-state index in [0.29, 0.717) is 15.5 Å². The molecule has 0 aromatic heterocycles. The molecule has 1 fully saturated rings. The van der Waals surface area contributed by atoms with Crippen LogP contribution in [0.3, 0.4) is 0 Å². The highest BCUT2D eigenvalue weighted by Crippen LogP contribution is 2.73. The maximum Gasteiger partial charge on any atom is -0.0139 e. The van der Waals surface area contributed by atoms with Crippen LogP contribution in [0.2, 0.25) is 0 Å². The first-order valence-corrected chi connectivity index (χ1v) is 8.15. The van der Waals surface area contributed by atoms with Gasteiger partial charge in [0.15, 0.2) is 0 Å². The minimum absolute atomic E-state index is 0.0684. The molecule has 0 unspecified atom stereocenters. The van der Waals surface area contributed by atoms with Crippen LogP contribution in [0.5, 0.6) is 0 Å². The number of hydrogen-bond acceptors (Lipinski definition) is 0. The minimum Gasteiger partial charge on any atom is -0.0895 e. The van der Waals surface area contributed by atoms with Crippen molar-refractivity contribution in [2.75, 3.05) is 0 Å². The fraction of sp³-hybridized carbons (Fsp3) is 1.00. The van der Waals surface area contributed by atoms with Gasteiger partial charge >= 0.3 is 0 Å². The van der Waals surface area contributed by atoms with Crippen LogP contribution >= 0.6 is 7.92 Å². The second-order valence-corrected chi connectivity index (χ2v) is 12.2. The molecule has 1 rings (SSSR count). The molecule has 0 amide bonds. The molecule has 0 radical (unpaired) electrons. The number of hydrogen-bond donors (Lipinski definition) is 0. The van der Waals surface area contributed by atoms with Crippen LogP contribution in [-0.4, -0.2) is 15.5 Å². The van der Waals surface area contributed by atoms with E-state index in [1.165, 1.54) is 19.3 Å². The van der Waals surface area contributed by atoms with Gasteiger partial charge in [-0.1, -0.05) is 69.7 Å². The molecule has 0 saturated carbocycles. The Balaban J connectivity index is 3.06. The molecule has 0 spiro atoms. The van der Waals surface area contributed by atoms with E-state index in [-0.39, 0.29) is 7.92 Å². The predicted octanol–water partition coefficient (Wildman–Crippen LogP) is 5.64. The molecular formula is C15H31P. The zero-order valence-electron chi connectivity index (χ0n) is 12.6. The van der Waals surface area contributed by atoms with E-state index >= 15 is 0 Å². The molecule has 0 aliphatic carbocycles. The van der Waals surface area contributed by atoms with Crippen LogP contribution in [0, 0.1) is 5.92 Å². The highest BCUT2D eigenvalue weighted by Gasteiger charge is 2.50. The van der Waals surface area contributed by atoms with Crippen LogP contribution in [0.15, 0.2) is 0 Å². The summed E-state index contributed by atoms with van der Waals surface area (Å²) in [6.07, 6.45) is 4.24. The van der Waals surface area contributed by atoms with Crippen molar-refractivity contribution in [3.8, 4) is 0 Å². The Morgan fingerprint density at radius 1 is 1.00 bits per heavy atom. The Hall–Kier alpha value is 0.430. The molecule has 0 atom stereocenters. The van der Waals surface area contributed by atoms with E-state index in [1.54, 1.807) is 0 Å². The van der Waals surface area contributed by atoms with E-state index < -0.39 is 0 Å². The third kappa shape index (κ3) is 2.81. The quantitative estimate of drug-likeness (QED) is 0.522. The third-order valence-corrected chi connectivity index (χ3v) is 8.16. The molecule has 1 saturated heterocycles. The fourth-order valence-corrected chi connectivity index (χ4v) is 10.7. The summed E-state index contributed by atoms with van der Waals surface area (Å²) in [4.78, 5) is 0. The first-order valence-electron chi connectivity index (χ1n) is 6.81. The lowest BCUT2D eigenvalue weighted by Crippen LogP contribution is -2.44. The molecule has 1 aliphatic heterocycles. The van der Waals surface area contributed by atoms with Gasteiger partial charge in [0.05, 0.1) is 0 Å². The molecule has 0 nitrogen and oxygen atoms in total.